The fourth-order valence-electron chi connectivity index (χ4n) is 2.90. The lowest BCUT2D eigenvalue weighted by molar-refractivity contribution is -0.386. The molecule has 0 aliphatic heterocycles. The number of carbonyl (C=O) groups excluding carboxylic acids is 1. The van der Waals surface area contributed by atoms with Crippen molar-refractivity contribution in [3.8, 4) is 0 Å². The fraction of sp³-hybridized carbons (Fsp3) is 0.467. The highest BCUT2D eigenvalue weighted by molar-refractivity contribution is 5.97. The second-order valence-electron chi connectivity index (χ2n) is 5.39. The molecule has 2 aromatic heterocycles. The minimum Gasteiger partial charge on any atom is -0.349 e. The van der Waals surface area contributed by atoms with Crippen molar-refractivity contribution in [2.24, 2.45) is 0 Å². The highest BCUT2D eigenvalue weighted by Gasteiger charge is 2.24. The molecule has 0 bridgehead atoms. The normalized spacial score (nSPS) is 11.0. The van der Waals surface area contributed by atoms with Gasteiger partial charge >= 0.3 is 5.69 Å². The van der Waals surface area contributed by atoms with Crippen LogP contribution in [0, 0.1) is 37.8 Å². The van der Waals surface area contributed by atoms with E-state index >= 15 is 0 Å². The van der Waals surface area contributed by atoms with Crippen LogP contribution in [0.3, 0.4) is 0 Å². The molecule has 0 N–H and O–H groups in total. The zero-order valence-corrected chi connectivity index (χ0v) is 13.5. The lowest BCUT2D eigenvalue weighted by Gasteiger charge is -2.06. The summed E-state index contributed by atoms with van der Waals surface area (Å²) in [5.74, 6) is -0.0895. The quantitative estimate of drug-likeness (QED) is 0.483. The first-order valence-corrected chi connectivity index (χ1v) is 7.16. The minimum absolute atomic E-state index is 0.00845. The molecule has 0 atom stereocenters. The maximum Gasteiger partial charge on any atom is 0.312 e. The summed E-state index contributed by atoms with van der Waals surface area (Å²) >= 11 is 0. The molecule has 0 saturated heterocycles. The van der Waals surface area contributed by atoms with Gasteiger partial charge in [-0.1, -0.05) is 0 Å². The minimum atomic E-state index is -0.457. The Labute approximate surface area is 128 Å². The van der Waals surface area contributed by atoms with Crippen molar-refractivity contribution in [3.63, 3.8) is 0 Å². The van der Waals surface area contributed by atoms with Crippen molar-refractivity contribution >= 4 is 11.5 Å². The SMILES string of the molecule is CCn1c(C)cc(C(=O)Cn2nc(C)c([N+](=O)[O-])c2C)c1C. The first kappa shape index (κ1) is 15.9. The third-order valence-corrected chi connectivity index (χ3v) is 4.01. The van der Waals surface area contributed by atoms with E-state index in [9.17, 15) is 14.9 Å². The van der Waals surface area contributed by atoms with E-state index in [-0.39, 0.29) is 18.0 Å². The van der Waals surface area contributed by atoms with Crippen LogP contribution in [-0.4, -0.2) is 25.1 Å². The summed E-state index contributed by atoms with van der Waals surface area (Å²) in [6.07, 6.45) is 0. The lowest BCUT2D eigenvalue weighted by Crippen LogP contribution is -2.14. The van der Waals surface area contributed by atoms with Crippen molar-refractivity contribution in [2.45, 2.75) is 47.7 Å². The number of rotatable bonds is 5. The smallest absolute Gasteiger partial charge is 0.312 e. The van der Waals surface area contributed by atoms with E-state index in [4.69, 9.17) is 0 Å². The molecule has 0 unspecified atom stereocenters. The molecule has 22 heavy (non-hydrogen) atoms. The molecule has 0 aromatic carbocycles. The molecule has 118 valence electrons. The van der Waals surface area contributed by atoms with E-state index in [2.05, 4.69) is 9.67 Å². The van der Waals surface area contributed by atoms with Crippen LogP contribution in [0.2, 0.25) is 0 Å². The molecule has 0 radical (unpaired) electrons. The van der Waals surface area contributed by atoms with Gasteiger partial charge < -0.3 is 4.57 Å². The molecule has 0 fully saturated rings. The number of aryl methyl sites for hydroxylation is 2. The van der Waals surface area contributed by atoms with Crippen LogP contribution in [0.25, 0.3) is 0 Å². The number of aromatic nitrogens is 3. The standard InChI is InChI=1S/C15H20N4O3/c1-6-17-9(2)7-13(11(17)4)14(20)8-18-12(5)15(19(21)22)10(3)16-18/h7H,6,8H2,1-5H3. The fourth-order valence-corrected chi connectivity index (χ4v) is 2.90. The zero-order valence-electron chi connectivity index (χ0n) is 13.5. The van der Waals surface area contributed by atoms with Gasteiger partial charge in [-0.05, 0) is 40.7 Å². The topological polar surface area (TPSA) is 83.0 Å². The van der Waals surface area contributed by atoms with Gasteiger partial charge in [0.05, 0.1) is 4.92 Å². The zero-order chi connectivity index (χ0) is 16.6. The molecule has 0 spiro atoms. The summed E-state index contributed by atoms with van der Waals surface area (Å²) in [5, 5.41) is 15.1. The molecule has 0 aliphatic rings. The van der Waals surface area contributed by atoms with E-state index in [0.717, 1.165) is 17.9 Å². The third kappa shape index (κ3) is 2.54. The highest BCUT2D eigenvalue weighted by atomic mass is 16.6. The summed E-state index contributed by atoms with van der Waals surface area (Å²) in [5.41, 5.74) is 3.31. The van der Waals surface area contributed by atoms with Gasteiger partial charge in [-0.15, -0.1) is 0 Å². The van der Waals surface area contributed by atoms with Crippen LogP contribution < -0.4 is 0 Å². The van der Waals surface area contributed by atoms with Gasteiger partial charge in [0.1, 0.15) is 17.9 Å². The molecular weight excluding hydrogens is 284 g/mol. The number of hydrogen-bond acceptors (Lipinski definition) is 4. The summed E-state index contributed by atoms with van der Waals surface area (Å²) in [6.45, 7) is 9.90. The van der Waals surface area contributed by atoms with E-state index in [1.165, 1.54) is 4.68 Å². The van der Waals surface area contributed by atoms with Gasteiger partial charge in [-0.2, -0.15) is 5.10 Å². The Morgan fingerprint density at radius 1 is 1.27 bits per heavy atom. The first-order chi connectivity index (χ1) is 10.3. The number of Topliss-reactive ketones (excluding diaryl/α,β-unsaturated/α-hetero) is 1. The van der Waals surface area contributed by atoms with E-state index in [0.29, 0.717) is 17.0 Å². The van der Waals surface area contributed by atoms with Gasteiger partial charge in [0.2, 0.25) is 0 Å². The van der Waals surface area contributed by atoms with E-state index < -0.39 is 4.92 Å². The maximum atomic E-state index is 12.5. The Morgan fingerprint density at radius 2 is 1.91 bits per heavy atom. The highest BCUT2D eigenvalue weighted by Crippen LogP contribution is 2.23. The van der Waals surface area contributed by atoms with Crippen LogP contribution in [0.15, 0.2) is 6.07 Å². The molecule has 0 aliphatic carbocycles. The Balaban J connectivity index is 2.34. The molecule has 7 nitrogen and oxygen atoms in total. The Hall–Kier alpha value is -2.44. The van der Waals surface area contributed by atoms with Crippen LogP contribution in [0.1, 0.15) is 40.1 Å². The monoisotopic (exact) mass is 304 g/mol. The maximum absolute atomic E-state index is 12.5. The number of ketones is 1. The van der Waals surface area contributed by atoms with Crippen LogP contribution >= 0.6 is 0 Å². The van der Waals surface area contributed by atoms with Crippen molar-refractivity contribution in [3.05, 3.63) is 44.5 Å². The van der Waals surface area contributed by atoms with Crippen molar-refractivity contribution in [1.29, 1.82) is 0 Å². The number of hydrogen-bond donors (Lipinski definition) is 0. The molecule has 2 aromatic rings. The van der Waals surface area contributed by atoms with Crippen LogP contribution in [-0.2, 0) is 13.1 Å². The molecular formula is C15H20N4O3. The molecule has 0 amide bonds. The average molecular weight is 304 g/mol. The summed E-state index contributed by atoms with van der Waals surface area (Å²) in [4.78, 5) is 23.1. The summed E-state index contributed by atoms with van der Waals surface area (Å²) in [6, 6.07) is 1.86. The summed E-state index contributed by atoms with van der Waals surface area (Å²) in [7, 11) is 0. The van der Waals surface area contributed by atoms with Gasteiger partial charge in [-0.3, -0.25) is 19.6 Å². The first-order valence-electron chi connectivity index (χ1n) is 7.16. The van der Waals surface area contributed by atoms with Gasteiger partial charge in [0.15, 0.2) is 5.78 Å². The van der Waals surface area contributed by atoms with Crippen LogP contribution in [0.5, 0.6) is 0 Å². The van der Waals surface area contributed by atoms with Gasteiger partial charge in [0.25, 0.3) is 0 Å². The number of carbonyl (C=O) groups is 1. The molecule has 2 rings (SSSR count). The second kappa shape index (κ2) is 5.75. The third-order valence-electron chi connectivity index (χ3n) is 4.01. The Kier molecular flexibility index (Phi) is 4.16. The molecule has 7 heteroatoms. The Bertz CT molecular complexity index is 755. The second-order valence-corrected chi connectivity index (χ2v) is 5.39. The predicted octanol–water partition coefficient (Wildman–Crippen LogP) is 2.73. The average Bonchev–Trinajstić information content (AvgIpc) is 2.86. The number of nitro groups is 1. The van der Waals surface area contributed by atoms with Crippen molar-refractivity contribution < 1.29 is 9.72 Å². The molecule has 0 saturated carbocycles. The Morgan fingerprint density at radius 3 is 2.36 bits per heavy atom. The number of nitrogens with zero attached hydrogens (tertiary/aromatic N) is 4. The van der Waals surface area contributed by atoms with Gasteiger partial charge in [0, 0.05) is 23.5 Å². The largest absolute Gasteiger partial charge is 0.349 e. The van der Waals surface area contributed by atoms with Crippen molar-refractivity contribution in [2.75, 3.05) is 0 Å². The van der Waals surface area contributed by atoms with E-state index in [1.807, 2.05) is 26.8 Å². The van der Waals surface area contributed by atoms with Crippen LogP contribution in [0.4, 0.5) is 5.69 Å². The lowest BCUT2D eigenvalue weighted by atomic mass is 10.1. The summed E-state index contributed by atoms with van der Waals surface area (Å²) < 4.78 is 3.48. The molecule has 2 heterocycles. The predicted molar refractivity (Wildman–Crippen MR) is 82.3 cm³/mol. The van der Waals surface area contributed by atoms with E-state index in [1.54, 1.807) is 13.8 Å². The van der Waals surface area contributed by atoms with Gasteiger partial charge in [-0.25, -0.2) is 0 Å². The van der Waals surface area contributed by atoms with Crippen molar-refractivity contribution in [1.82, 2.24) is 14.3 Å².